The van der Waals surface area contributed by atoms with E-state index in [9.17, 15) is 4.21 Å². The lowest BCUT2D eigenvalue weighted by molar-refractivity contribution is 0.172. The van der Waals surface area contributed by atoms with E-state index < -0.39 is 10.4 Å². The van der Waals surface area contributed by atoms with Crippen LogP contribution in [0.2, 0.25) is 0 Å². The number of hydrazone groups is 1. The van der Waals surface area contributed by atoms with E-state index in [-0.39, 0.29) is 6.17 Å². The van der Waals surface area contributed by atoms with E-state index in [2.05, 4.69) is 27.3 Å². The van der Waals surface area contributed by atoms with Crippen molar-refractivity contribution in [3.8, 4) is 0 Å². The zero-order chi connectivity index (χ0) is 17.7. The summed E-state index contributed by atoms with van der Waals surface area (Å²) in [4.78, 5) is 6.72. The van der Waals surface area contributed by atoms with Crippen molar-refractivity contribution < 1.29 is 4.21 Å². The van der Waals surface area contributed by atoms with Crippen molar-refractivity contribution >= 4 is 27.3 Å². The number of nitrogens with one attached hydrogen (secondary N) is 1. The Balaban J connectivity index is 0.000000368. The Bertz CT molecular complexity index is 736. The minimum absolute atomic E-state index is 0.0990. The predicted octanol–water partition coefficient (Wildman–Crippen LogP) is 0.572. The van der Waals surface area contributed by atoms with Gasteiger partial charge in [-0.1, -0.05) is 6.92 Å². The largest absolute Gasteiger partial charge is 0.462 e. The number of hydrogen-bond donors (Lipinski definition) is 3. The summed E-state index contributed by atoms with van der Waals surface area (Å²) in [6, 6.07) is 2.01. The van der Waals surface area contributed by atoms with Gasteiger partial charge in [0.2, 0.25) is 0 Å². The second-order valence-electron chi connectivity index (χ2n) is 5.79. The van der Waals surface area contributed by atoms with Gasteiger partial charge < -0.3 is 15.7 Å². The van der Waals surface area contributed by atoms with Gasteiger partial charge in [-0.3, -0.25) is 25.7 Å². The van der Waals surface area contributed by atoms with Gasteiger partial charge in [0.1, 0.15) is 12.0 Å². The van der Waals surface area contributed by atoms with Gasteiger partial charge in [0.25, 0.3) is 0 Å². The summed E-state index contributed by atoms with van der Waals surface area (Å²) in [5.41, 5.74) is 18.8. The Morgan fingerprint density at radius 3 is 2.79 bits per heavy atom. The van der Waals surface area contributed by atoms with Crippen LogP contribution < -0.4 is 16.9 Å². The Labute approximate surface area is 144 Å². The molecular formula is C16H25N6OS-. The number of hydrogen-bond acceptors (Lipinski definition) is 8. The molecule has 1 aromatic heterocycles. The highest BCUT2D eigenvalue weighted by Gasteiger charge is 2.26. The number of aromatic nitrogens is 1. The summed E-state index contributed by atoms with van der Waals surface area (Å²) in [6.45, 7) is 5.61. The molecule has 0 fully saturated rings. The molecule has 0 radical (unpaired) electrons. The highest BCUT2D eigenvalue weighted by atomic mass is 32.2. The molecule has 2 aliphatic rings. The van der Waals surface area contributed by atoms with Crippen LogP contribution in [-0.2, 0) is 27.6 Å². The smallest absolute Gasteiger partial charge is 0.143 e. The molecule has 5 N–H and O–H groups in total. The lowest BCUT2D eigenvalue weighted by atomic mass is 10.0. The zero-order valence-corrected chi connectivity index (χ0v) is 15.1. The number of fused-ring (bicyclic) bond motifs is 1. The summed E-state index contributed by atoms with van der Waals surface area (Å²) in [5, 5.41) is 5.74. The van der Waals surface area contributed by atoms with Gasteiger partial charge >= 0.3 is 0 Å². The van der Waals surface area contributed by atoms with E-state index in [0.717, 1.165) is 25.2 Å². The van der Waals surface area contributed by atoms with Crippen LogP contribution >= 0.6 is 0 Å². The maximum absolute atomic E-state index is 9.87. The third-order valence-corrected chi connectivity index (χ3v) is 4.57. The molecule has 24 heavy (non-hydrogen) atoms. The quantitative estimate of drug-likeness (QED) is 0.505. The van der Waals surface area contributed by atoms with E-state index in [4.69, 9.17) is 11.5 Å². The van der Waals surface area contributed by atoms with Gasteiger partial charge in [0.05, 0.1) is 11.9 Å². The van der Waals surface area contributed by atoms with Crippen LogP contribution in [0.4, 0.5) is 5.69 Å². The lowest BCUT2D eigenvalue weighted by Gasteiger charge is -2.36. The molecule has 7 nitrogen and oxygen atoms in total. The Hall–Kier alpha value is -2.06. The van der Waals surface area contributed by atoms with E-state index in [0.29, 0.717) is 11.5 Å². The minimum Gasteiger partial charge on any atom is -0.462 e. The molecular weight excluding hydrogens is 324 g/mol. The Kier molecular flexibility index (Phi) is 6.22. The first-order chi connectivity index (χ1) is 11.4. The van der Waals surface area contributed by atoms with E-state index >= 15 is 0 Å². The fraction of sp³-hybridized carbons (Fsp3) is 0.438. The molecule has 3 heterocycles. The third-order valence-electron chi connectivity index (χ3n) is 3.91. The van der Waals surface area contributed by atoms with Crippen LogP contribution in [0.5, 0.6) is 0 Å². The average molecular weight is 349 g/mol. The van der Waals surface area contributed by atoms with Crippen LogP contribution in [0.15, 0.2) is 29.0 Å². The first kappa shape index (κ1) is 18.3. The van der Waals surface area contributed by atoms with Crippen molar-refractivity contribution in [1.29, 1.82) is 0 Å². The summed E-state index contributed by atoms with van der Waals surface area (Å²) < 4.78 is 9.87. The average Bonchev–Trinajstić information content (AvgIpc) is 2.54. The number of anilines is 1. The highest BCUT2D eigenvalue weighted by Crippen LogP contribution is 2.22. The van der Waals surface area contributed by atoms with Gasteiger partial charge in [0.15, 0.2) is 0 Å². The highest BCUT2D eigenvalue weighted by molar-refractivity contribution is 7.82. The molecule has 2 aliphatic heterocycles. The van der Waals surface area contributed by atoms with Gasteiger partial charge in [-0.05, 0) is 30.2 Å². The molecule has 0 spiro atoms. The number of nitrogens with zero attached hydrogens (tertiary/aromatic N) is 3. The monoisotopic (exact) mass is 349 g/mol. The Morgan fingerprint density at radius 2 is 2.17 bits per heavy atom. The Morgan fingerprint density at radius 1 is 1.46 bits per heavy atom. The molecule has 8 heteroatoms. The maximum Gasteiger partial charge on any atom is 0.143 e. The van der Waals surface area contributed by atoms with Crippen LogP contribution in [0.25, 0.3) is 0 Å². The lowest BCUT2D eigenvalue weighted by Crippen LogP contribution is -2.49. The summed E-state index contributed by atoms with van der Waals surface area (Å²) >= 11 is 0. The normalized spacial score (nSPS) is 21.5. The number of nitrogen functional groups attached to an aromatic ring is 1. The van der Waals surface area contributed by atoms with Gasteiger partial charge in [-0.15, -0.1) is 6.26 Å². The molecule has 3 rings (SSSR count). The zero-order valence-electron chi connectivity index (χ0n) is 14.3. The standard InChI is InChI=1S/C13H18N6.C3H7OS/c1-8-4-12(15)17-18-13(8)19-3-2-11-9(7-19)5-10(14)6-16-11;1-3-5(2)4/h4-6,13,18H,2-3,7,14H2,1H3,(H2,15,17);3H,1-2H3/q;-1. The second kappa shape index (κ2) is 8.16. The van der Waals surface area contributed by atoms with Crippen LogP contribution in [0, 0.1) is 0 Å². The predicted molar refractivity (Wildman–Crippen MR) is 101 cm³/mol. The molecule has 0 bridgehead atoms. The summed E-state index contributed by atoms with van der Waals surface area (Å²) in [7, 11) is -0.698. The number of pyridine rings is 1. The molecule has 0 saturated heterocycles. The second-order valence-corrected chi connectivity index (χ2v) is 7.25. The van der Waals surface area contributed by atoms with Gasteiger partial charge in [-0.2, -0.15) is 10.5 Å². The molecule has 1 unspecified atom stereocenters. The third kappa shape index (κ3) is 4.72. The van der Waals surface area contributed by atoms with E-state index in [1.54, 1.807) is 24.7 Å². The molecule has 0 aromatic carbocycles. The van der Waals surface area contributed by atoms with Gasteiger partial charge in [0, 0.05) is 25.2 Å². The van der Waals surface area contributed by atoms with Crippen LogP contribution in [0.1, 0.15) is 25.1 Å². The van der Waals surface area contributed by atoms with Crippen molar-refractivity contribution in [1.82, 2.24) is 15.3 Å². The molecule has 0 saturated carbocycles. The molecule has 1 aromatic rings. The number of nitrogens with two attached hydrogens (primary N) is 2. The van der Waals surface area contributed by atoms with E-state index in [1.165, 1.54) is 11.1 Å². The number of amidine groups is 1. The summed E-state index contributed by atoms with van der Waals surface area (Å²) in [6.07, 6.45) is 6.31. The fourth-order valence-electron chi connectivity index (χ4n) is 2.64. The van der Waals surface area contributed by atoms with Gasteiger partial charge in [-0.25, -0.2) is 0 Å². The molecule has 0 amide bonds. The minimum atomic E-state index is -0.698. The van der Waals surface area contributed by atoms with Crippen molar-refractivity contribution in [2.45, 2.75) is 33.0 Å². The van der Waals surface area contributed by atoms with Crippen molar-refractivity contribution in [2.75, 3.05) is 18.5 Å². The number of rotatable bonds is 1. The van der Waals surface area contributed by atoms with E-state index in [1.807, 2.05) is 12.1 Å². The van der Waals surface area contributed by atoms with Crippen molar-refractivity contribution in [3.05, 3.63) is 35.2 Å². The fourth-order valence-corrected chi connectivity index (χ4v) is 2.64. The molecule has 0 aliphatic carbocycles. The molecule has 1 atom stereocenters. The topological polar surface area (TPSA) is 110 Å². The molecule has 132 valence electrons. The summed E-state index contributed by atoms with van der Waals surface area (Å²) in [5.74, 6) is 0.525. The first-order valence-electron chi connectivity index (χ1n) is 7.76. The SMILES string of the molecule is CC1=CC(N)=NNC1N1CCc2ncc(N)cc2C1.CC=[S-](C)=O. The first-order valence-corrected chi connectivity index (χ1v) is 9.38. The van der Waals surface area contributed by atoms with Crippen LogP contribution in [0.3, 0.4) is 0 Å². The van der Waals surface area contributed by atoms with Crippen LogP contribution in [-0.4, -0.2) is 40.1 Å². The van der Waals surface area contributed by atoms with Crippen molar-refractivity contribution in [3.63, 3.8) is 0 Å². The maximum atomic E-state index is 9.87. The van der Waals surface area contributed by atoms with Crippen molar-refractivity contribution in [2.24, 2.45) is 10.8 Å².